The van der Waals surface area contributed by atoms with Crippen molar-refractivity contribution in [3.8, 4) is 0 Å². The molecule has 0 heterocycles. The van der Waals surface area contributed by atoms with Gasteiger partial charge in [0.05, 0.1) is 11.5 Å². The molecule has 0 spiro atoms. The zero-order valence-corrected chi connectivity index (χ0v) is 14.4. The van der Waals surface area contributed by atoms with Crippen LogP contribution in [0.25, 0.3) is 0 Å². The Morgan fingerprint density at radius 3 is 2.25 bits per heavy atom. The van der Waals surface area contributed by atoms with E-state index in [9.17, 15) is 37.6 Å². The lowest BCUT2D eigenvalue weighted by atomic mass is 10.1. The molecule has 1 unspecified atom stereocenters. The highest BCUT2D eigenvalue weighted by molar-refractivity contribution is 5.97. The predicted octanol–water partition coefficient (Wildman–Crippen LogP) is 3.55. The number of nitrogens with one attached hydrogen (secondary N) is 2. The van der Waals surface area contributed by atoms with Gasteiger partial charge in [-0.2, -0.15) is 13.2 Å². The number of nitrogens with zero attached hydrogens (tertiary/aromatic N) is 1. The summed E-state index contributed by atoms with van der Waals surface area (Å²) in [5.41, 5.74) is -4.70. The Labute approximate surface area is 156 Å². The number of rotatable bonds is 6. The van der Waals surface area contributed by atoms with Gasteiger partial charge in [0.25, 0.3) is 11.6 Å². The van der Waals surface area contributed by atoms with Crippen molar-refractivity contribution >= 4 is 23.0 Å². The summed E-state index contributed by atoms with van der Waals surface area (Å²) < 4.78 is 51.8. The van der Waals surface area contributed by atoms with Crippen LogP contribution in [0.15, 0.2) is 42.5 Å². The SMILES string of the molecule is CC(O)(CNc1ccc(F)cc1)C(=O)Nc1ccc([N+](=O)[O-])c(C(F)(F)F)c1. The van der Waals surface area contributed by atoms with E-state index in [-0.39, 0.29) is 12.2 Å². The summed E-state index contributed by atoms with van der Waals surface area (Å²) in [6.45, 7) is 0.790. The molecule has 0 radical (unpaired) electrons. The quantitative estimate of drug-likeness (QED) is 0.390. The van der Waals surface area contributed by atoms with Gasteiger partial charge in [-0.1, -0.05) is 0 Å². The second-order valence-corrected chi connectivity index (χ2v) is 6.08. The number of nitro groups is 1. The molecular formula is C17H15F4N3O4. The largest absolute Gasteiger partial charge is 0.423 e. The highest BCUT2D eigenvalue weighted by Crippen LogP contribution is 2.37. The van der Waals surface area contributed by atoms with Gasteiger partial charge in [-0.3, -0.25) is 14.9 Å². The van der Waals surface area contributed by atoms with Crippen molar-refractivity contribution in [3.05, 3.63) is 64.0 Å². The summed E-state index contributed by atoms with van der Waals surface area (Å²) in [6.07, 6.45) is -5.00. The fourth-order valence-corrected chi connectivity index (χ4v) is 2.19. The molecular weight excluding hydrogens is 386 g/mol. The second kappa shape index (κ2) is 7.80. The van der Waals surface area contributed by atoms with Crippen molar-refractivity contribution in [2.45, 2.75) is 18.7 Å². The van der Waals surface area contributed by atoms with Crippen molar-refractivity contribution < 1.29 is 32.4 Å². The minimum absolute atomic E-state index is 0.330. The third kappa shape index (κ3) is 5.16. The van der Waals surface area contributed by atoms with Crippen LogP contribution in [0.4, 0.5) is 34.6 Å². The van der Waals surface area contributed by atoms with Crippen molar-refractivity contribution in [2.24, 2.45) is 0 Å². The molecule has 2 aromatic carbocycles. The predicted molar refractivity (Wildman–Crippen MR) is 92.2 cm³/mol. The van der Waals surface area contributed by atoms with Crippen LogP contribution in [-0.4, -0.2) is 28.1 Å². The van der Waals surface area contributed by atoms with E-state index in [0.717, 1.165) is 25.1 Å². The number of anilines is 2. The lowest BCUT2D eigenvalue weighted by Crippen LogP contribution is -2.45. The summed E-state index contributed by atoms with van der Waals surface area (Å²) in [5, 5.41) is 25.8. The number of carbonyl (C=O) groups excluding carboxylic acids is 1. The smallest absolute Gasteiger partial charge is 0.382 e. The fraction of sp³-hybridized carbons (Fsp3) is 0.235. The normalized spacial score (nSPS) is 13.5. The number of alkyl halides is 3. The summed E-state index contributed by atoms with van der Waals surface area (Å²) in [5.74, 6) is -1.52. The summed E-state index contributed by atoms with van der Waals surface area (Å²) in [7, 11) is 0. The molecule has 0 saturated heterocycles. The standard InChI is InChI=1S/C17H15F4N3O4/c1-16(26,9-22-11-4-2-10(18)3-5-11)15(25)23-12-6-7-14(24(27)28)13(8-12)17(19,20)21/h2-8,22,26H,9H2,1H3,(H,23,25). The molecule has 7 nitrogen and oxygen atoms in total. The molecule has 0 aromatic heterocycles. The highest BCUT2D eigenvalue weighted by atomic mass is 19.4. The van der Waals surface area contributed by atoms with Crippen LogP contribution in [-0.2, 0) is 11.0 Å². The fourth-order valence-electron chi connectivity index (χ4n) is 2.19. The van der Waals surface area contributed by atoms with Crippen molar-refractivity contribution in [3.63, 3.8) is 0 Å². The maximum absolute atomic E-state index is 13.0. The van der Waals surface area contributed by atoms with E-state index < -0.39 is 39.7 Å². The van der Waals surface area contributed by atoms with Crippen LogP contribution >= 0.6 is 0 Å². The summed E-state index contributed by atoms with van der Waals surface area (Å²) >= 11 is 0. The molecule has 150 valence electrons. The van der Waals surface area contributed by atoms with Crippen LogP contribution in [0.3, 0.4) is 0 Å². The topological polar surface area (TPSA) is 104 Å². The second-order valence-electron chi connectivity index (χ2n) is 6.08. The van der Waals surface area contributed by atoms with Crippen molar-refractivity contribution in [1.29, 1.82) is 0 Å². The monoisotopic (exact) mass is 401 g/mol. The molecule has 3 N–H and O–H groups in total. The Balaban J connectivity index is 2.14. The Kier molecular flexibility index (Phi) is 5.88. The zero-order valence-electron chi connectivity index (χ0n) is 14.4. The van der Waals surface area contributed by atoms with E-state index in [2.05, 4.69) is 10.6 Å². The number of halogens is 4. The zero-order chi connectivity index (χ0) is 21.1. The molecule has 0 bridgehead atoms. The Morgan fingerprint density at radius 2 is 1.71 bits per heavy atom. The van der Waals surface area contributed by atoms with E-state index in [0.29, 0.717) is 17.8 Å². The van der Waals surface area contributed by atoms with Gasteiger partial charge in [0.15, 0.2) is 5.60 Å². The summed E-state index contributed by atoms with van der Waals surface area (Å²) in [4.78, 5) is 21.8. The van der Waals surface area contributed by atoms with Crippen LogP contribution in [0.2, 0.25) is 0 Å². The lowest BCUT2D eigenvalue weighted by Gasteiger charge is -2.23. The third-order valence-corrected chi connectivity index (χ3v) is 3.73. The van der Waals surface area contributed by atoms with Crippen LogP contribution in [0.1, 0.15) is 12.5 Å². The third-order valence-electron chi connectivity index (χ3n) is 3.73. The first-order valence-corrected chi connectivity index (χ1v) is 7.79. The molecule has 11 heteroatoms. The maximum Gasteiger partial charge on any atom is 0.423 e. The number of carbonyl (C=O) groups is 1. The number of aliphatic hydroxyl groups is 1. The van der Waals surface area contributed by atoms with Crippen LogP contribution in [0.5, 0.6) is 0 Å². The van der Waals surface area contributed by atoms with Gasteiger partial charge < -0.3 is 15.7 Å². The molecule has 0 aliphatic carbocycles. The average Bonchev–Trinajstić information content (AvgIpc) is 2.60. The van der Waals surface area contributed by atoms with Gasteiger partial charge in [0, 0.05) is 17.4 Å². The van der Waals surface area contributed by atoms with Gasteiger partial charge in [-0.15, -0.1) is 0 Å². The van der Waals surface area contributed by atoms with Gasteiger partial charge in [0.1, 0.15) is 11.4 Å². The van der Waals surface area contributed by atoms with E-state index in [1.54, 1.807) is 0 Å². The van der Waals surface area contributed by atoms with Crippen LogP contribution < -0.4 is 10.6 Å². The Hall–Kier alpha value is -3.21. The molecule has 2 rings (SSSR count). The molecule has 0 aliphatic rings. The van der Waals surface area contributed by atoms with Crippen LogP contribution in [0, 0.1) is 15.9 Å². The summed E-state index contributed by atoms with van der Waals surface area (Å²) in [6, 6.07) is 7.02. The number of amides is 1. The van der Waals surface area contributed by atoms with E-state index in [1.807, 2.05) is 0 Å². The van der Waals surface area contributed by atoms with E-state index in [1.165, 1.54) is 12.1 Å². The molecule has 2 aromatic rings. The van der Waals surface area contributed by atoms with E-state index in [4.69, 9.17) is 0 Å². The molecule has 1 atom stereocenters. The molecule has 0 fully saturated rings. The van der Waals surface area contributed by atoms with Crippen molar-refractivity contribution in [1.82, 2.24) is 0 Å². The molecule has 28 heavy (non-hydrogen) atoms. The van der Waals surface area contributed by atoms with E-state index >= 15 is 0 Å². The minimum atomic E-state index is -5.00. The Morgan fingerprint density at radius 1 is 1.14 bits per heavy atom. The first-order chi connectivity index (χ1) is 12.9. The first kappa shape index (κ1) is 21.1. The lowest BCUT2D eigenvalue weighted by molar-refractivity contribution is -0.388. The Bertz CT molecular complexity index is 883. The number of hydrogen-bond acceptors (Lipinski definition) is 5. The minimum Gasteiger partial charge on any atom is -0.382 e. The molecule has 0 saturated carbocycles. The van der Waals surface area contributed by atoms with Gasteiger partial charge in [0.2, 0.25) is 0 Å². The highest BCUT2D eigenvalue weighted by Gasteiger charge is 2.39. The number of nitro benzene ring substituents is 1. The van der Waals surface area contributed by atoms with Gasteiger partial charge in [-0.05, 0) is 43.3 Å². The molecule has 0 aliphatic heterocycles. The van der Waals surface area contributed by atoms with Gasteiger partial charge in [-0.25, -0.2) is 4.39 Å². The average molecular weight is 401 g/mol. The van der Waals surface area contributed by atoms with Crippen molar-refractivity contribution in [2.75, 3.05) is 17.2 Å². The maximum atomic E-state index is 13.0. The van der Waals surface area contributed by atoms with Gasteiger partial charge >= 0.3 is 6.18 Å². The number of benzene rings is 2. The molecule has 1 amide bonds. The number of hydrogen-bond donors (Lipinski definition) is 3. The first-order valence-electron chi connectivity index (χ1n) is 7.79.